The molecule has 0 radical (unpaired) electrons. The van der Waals surface area contributed by atoms with E-state index < -0.39 is 10.1 Å². The van der Waals surface area contributed by atoms with Crippen LogP contribution in [0.2, 0.25) is 0 Å². The van der Waals surface area contributed by atoms with E-state index in [9.17, 15) is 13.2 Å². The van der Waals surface area contributed by atoms with Gasteiger partial charge in [-0.05, 0) is 58.4 Å². The van der Waals surface area contributed by atoms with Gasteiger partial charge in [0, 0.05) is 5.39 Å². The number of aromatic nitrogens is 1. The number of para-hydroxylation sites is 1. The van der Waals surface area contributed by atoms with Crippen LogP contribution in [0, 0.1) is 13.8 Å². The van der Waals surface area contributed by atoms with E-state index in [0.717, 1.165) is 22.0 Å². The molecule has 1 heterocycles. The van der Waals surface area contributed by atoms with Crippen molar-refractivity contribution in [3.8, 4) is 5.75 Å². The van der Waals surface area contributed by atoms with E-state index in [-0.39, 0.29) is 17.5 Å². The summed E-state index contributed by atoms with van der Waals surface area (Å²) in [5.74, 6) is 0.200. The van der Waals surface area contributed by atoms with Crippen molar-refractivity contribution in [2.75, 3.05) is 19.8 Å². The molecule has 0 saturated heterocycles. The van der Waals surface area contributed by atoms with Crippen molar-refractivity contribution in [3.63, 3.8) is 0 Å². The number of hydrogen-bond donors (Lipinski definition) is 1. The predicted molar refractivity (Wildman–Crippen MR) is 120 cm³/mol. The van der Waals surface area contributed by atoms with Gasteiger partial charge in [0.2, 0.25) is 0 Å². The first-order valence-electron chi connectivity index (χ1n) is 10.1. The number of aromatic amines is 1. The normalized spacial score (nSPS) is 11.0. The Morgan fingerprint density at radius 1 is 0.935 bits per heavy atom. The summed E-state index contributed by atoms with van der Waals surface area (Å²) in [5.41, 5.74) is 3.41. The maximum Gasteiger partial charge on any atom is 0.358 e. The lowest BCUT2D eigenvalue weighted by molar-refractivity contribution is 0.0516. The molecule has 0 aliphatic heterocycles. The average Bonchev–Trinajstić information content (AvgIpc) is 3.09. The molecule has 8 heteroatoms. The van der Waals surface area contributed by atoms with Gasteiger partial charge in [-0.25, -0.2) is 4.79 Å². The number of nitrogens with one attached hydrogen (secondary N) is 1. The largest absolute Gasteiger partial charge is 0.491 e. The SMILES string of the molecule is CCOC(=O)c1[nH]c2c(C)cccc2c1OCC.CCOS(=O)(=O)c1ccc(C)cc1. The summed E-state index contributed by atoms with van der Waals surface area (Å²) in [6.45, 7) is 10.2. The average molecular weight is 448 g/mol. The van der Waals surface area contributed by atoms with Gasteiger partial charge in [0.1, 0.15) is 0 Å². The molecule has 0 unspecified atom stereocenters. The van der Waals surface area contributed by atoms with E-state index in [1.807, 2.05) is 39.0 Å². The highest BCUT2D eigenvalue weighted by Gasteiger charge is 2.20. The topological polar surface area (TPSA) is 94.7 Å². The van der Waals surface area contributed by atoms with Crippen LogP contribution in [0.3, 0.4) is 0 Å². The van der Waals surface area contributed by atoms with Gasteiger partial charge >= 0.3 is 5.97 Å². The molecule has 2 aromatic carbocycles. The molecule has 3 aromatic rings. The lowest BCUT2D eigenvalue weighted by Gasteiger charge is -2.04. The van der Waals surface area contributed by atoms with Crippen LogP contribution in [0.1, 0.15) is 42.4 Å². The number of carbonyl (C=O) groups excluding carboxylic acids is 1. The Morgan fingerprint density at radius 3 is 2.19 bits per heavy atom. The second kappa shape index (κ2) is 11.0. The number of fused-ring (bicyclic) bond motifs is 1. The minimum absolute atomic E-state index is 0.163. The number of esters is 1. The van der Waals surface area contributed by atoms with E-state index in [0.29, 0.717) is 24.7 Å². The van der Waals surface area contributed by atoms with Gasteiger partial charge in [0.05, 0.1) is 30.2 Å². The second-order valence-electron chi connectivity index (χ2n) is 6.65. The third kappa shape index (κ3) is 6.08. The molecular weight excluding hydrogens is 418 g/mol. The van der Waals surface area contributed by atoms with Gasteiger partial charge in [-0.3, -0.25) is 4.18 Å². The van der Waals surface area contributed by atoms with Crippen molar-refractivity contribution in [1.29, 1.82) is 0 Å². The summed E-state index contributed by atoms with van der Waals surface area (Å²) in [6.07, 6.45) is 0. The number of rotatable bonds is 7. The summed E-state index contributed by atoms with van der Waals surface area (Å²) in [5, 5.41) is 0.917. The van der Waals surface area contributed by atoms with E-state index in [2.05, 4.69) is 9.17 Å². The van der Waals surface area contributed by atoms with Crippen LogP contribution in [0.5, 0.6) is 5.75 Å². The molecule has 7 nitrogen and oxygen atoms in total. The first kappa shape index (κ1) is 24.4. The summed E-state index contributed by atoms with van der Waals surface area (Å²) in [7, 11) is -3.53. The number of carbonyl (C=O) groups is 1. The van der Waals surface area contributed by atoms with Crippen LogP contribution in [0.25, 0.3) is 10.9 Å². The van der Waals surface area contributed by atoms with E-state index >= 15 is 0 Å². The molecule has 0 spiro atoms. The highest BCUT2D eigenvalue weighted by Crippen LogP contribution is 2.32. The molecule has 0 saturated carbocycles. The number of H-pyrrole nitrogens is 1. The zero-order valence-corrected chi connectivity index (χ0v) is 19.3. The van der Waals surface area contributed by atoms with E-state index in [1.54, 1.807) is 38.1 Å². The summed E-state index contributed by atoms with van der Waals surface area (Å²) in [6, 6.07) is 12.4. The van der Waals surface area contributed by atoms with Crippen molar-refractivity contribution < 1.29 is 26.9 Å². The minimum atomic E-state index is -3.53. The van der Waals surface area contributed by atoms with Crippen molar-refractivity contribution in [3.05, 3.63) is 59.3 Å². The molecule has 168 valence electrons. The molecule has 1 N–H and O–H groups in total. The van der Waals surface area contributed by atoms with Crippen molar-refractivity contribution in [1.82, 2.24) is 4.98 Å². The number of benzene rings is 2. The molecule has 31 heavy (non-hydrogen) atoms. The third-order valence-electron chi connectivity index (χ3n) is 4.35. The number of ether oxygens (including phenoxy) is 2. The van der Waals surface area contributed by atoms with Crippen LogP contribution in [-0.4, -0.2) is 39.2 Å². The van der Waals surface area contributed by atoms with Gasteiger partial charge in [0.15, 0.2) is 11.4 Å². The zero-order chi connectivity index (χ0) is 23.0. The fourth-order valence-electron chi connectivity index (χ4n) is 2.91. The quantitative estimate of drug-likeness (QED) is 0.414. The molecule has 3 rings (SSSR count). The first-order valence-corrected chi connectivity index (χ1v) is 11.5. The maximum atomic E-state index is 11.9. The van der Waals surface area contributed by atoms with Gasteiger partial charge < -0.3 is 14.5 Å². The molecule has 0 amide bonds. The highest BCUT2D eigenvalue weighted by atomic mass is 32.2. The standard InChI is InChI=1S/C14H17NO3.C9H12O3S/c1-4-17-13-10-8-6-7-9(3)11(10)15-12(13)14(16)18-5-2;1-3-12-13(10,11)9-6-4-8(2)5-7-9/h6-8,15H,4-5H2,1-3H3;4-7H,3H2,1-2H3. The van der Waals surface area contributed by atoms with Crippen LogP contribution in [0.15, 0.2) is 47.4 Å². The molecule has 0 aliphatic carbocycles. The van der Waals surface area contributed by atoms with Gasteiger partial charge in [-0.1, -0.05) is 29.8 Å². The van der Waals surface area contributed by atoms with E-state index in [1.165, 1.54) is 0 Å². The Labute approximate surface area is 183 Å². The van der Waals surface area contributed by atoms with Crippen LogP contribution < -0.4 is 4.74 Å². The van der Waals surface area contributed by atoms with Crippen molar-refractivity contribution >= 4 is 27.0 Å². The Kier molecular flexibility index (Phi) is 8.65. The Morgan fingerprint density at radius 2 is 1.61 bits per heavy atom. The molecule has 0 aliphatic rings. The Balaban J connectivity index is 0.000000233. The lowest BCUT2D eigenvalue weighted by atomic mass is 10.1. The first-order chi connectivity index (χ1) is 14.7. The molecule has 1 aromatic heterocycles. The monoisotopic (exact) mass is 447 g/mol. The maximum absolute atomic E-state index is 11.9. The van der Waals surface area contributed by atoms with Gasteiger partial charge in [0.25, 0.3) is 10.1 Å². The smallest absolute Gasteiger partial charge is 0.358 e. The molecule has 0 atom stereocenters. The molecule has 0 fully saturated rings. The molecule has 0 bridgehead atoms. The summed E-state index contributed by atoms with van der Waals surface area (Å²) in [4.78, 5) is 15.2. The number of hydrogen-bond acceptors (Lipinski definition) is 6. The molecular formula is C23H29NO6S. The zero-order valence-electron chi connectivity index (χ0n) is 18.5. The van der Waals surface area contributed by atoms with Crippen LogP contribution in [0.4, 0.5) is 0 Å². The van der Waals surface area contributed by atoms with Crippen molar-refractivity contribution in [2.24, 2.45) is 0 Å². The van der Waals surface area contributed by atoms with Crippen LogP contribution in [-0.2, 0) is 19.0 Å². The third-order valence-corrected chi connectivity index (χ3v) is 5.74. The fraction of sp³-hybridized carbons (Fsp3) is 0.348. The highest BCUT2D eigenvalue weighted by molar-refractivity contribution is 7.86. The predicted octanol–water partition coefficient (Wildman–Crippen LogP) is 4.77. The number of aryl methyl sites for hydroxylation is 2. The van der Waals surface area contributed by atoms with Crippen LogP contribution >= 0.6 is 0 Å². The van der Waals surface area contributed by atoms with E-state index in [4.69, 9.17) is 9.47 Å². The van der Waals surface area contributed by atoms with Crippen molar-refractivity contribution in [2.45, 2.75) is 39.5 Å². The van der Waals surface area contributed by atoms with Gasteiger partial charge in [-0.15, -0.1) is 0 Å². The van der Waals surface area contributed by atoms with Gasteiger partial charge in [-0.2, -0.15) is 8.42 Å². The Hall–Kier alpha value is -2.84. The minimum Gasteiger partial charge on any atom is -0.491 e. The lowest BCUT2D eigenvalue weighted by Crippen LogP contribution is -2.07. The summed E-state index contributed by atoms with van der Waals surface area (Å²) < 4.78 is 37.9. The second-order valence-corrected chi connectivity index (χ2v) is 8.27. The Bertz CT molecular complexity index is 1120. The summed E-state index contributed by atoms with van der Waals surface area (Å²) >= 11 is 0. The fourth-order valence-corrected chi connectivity index (χ4v) is 3.82.